The maximum absolute atomic E-state index is 12.4. The monoisotopic (exact) mass is 525 g/mol. The summed E-state index contributed by atoms with van der Waals surface area (Å²) in [5.74, 6) is 1.78. The number of benzene rings is 1. The summed E-state index contributed by atoms with van der Waals surface area (Å²) >= 11 is 0. The van der Waals surface area contributed by atoms with Crippen LogP contribution in [0.1, 0.15) is 73.6 Å². The summed E-state index contributed by atoms with van der Waals surface area (Å²) in [7, 11) is 0. The largest absolute Gasteiger partial charge is 0.459 e. The molecule has 1 saturated carbocycles. The Kier molecular flexibility index (Phi) is 7.23. The molecular weight excluding hydrogens is 490 g/mol. The lowest BCUT2D eigenvalue weighted by molar-refractivity contribution is -0.0485. The number of ether oxygens (including phenoxy) is 1. The van der Waals surface area contributed by atoms with Gasteiger partial charge in [-0.15, -0.1) is 0 Å². The van der Waals surface area contributed by atoms with Gasteiger partial charge in [0.05, 0.1) is 11.3 Å². The number of aliphatic hydroxyl groups is 1. The number of hydrogen-bond donors (Lipinski definition) is 2. The van der Waals surface area contributed by atoms with Gasteiger partial charge in [0.2, 0.25) is 0 Å². The third-order valence-corrected chi connectivity index (χ3v) is 7.21. The number of pyridine rings is 2. The predicted molar refractivity (Wildman–Crippen MR) is 150 cm³/mol. The standard InChI is InChI=1S/C31H35N5O3/c1-21-16-27(34-26-18-23(12-15-32-26)30(2,3)4)35-28(17-21)36-19-25(33-20-36)31(38)13-10-24(11-14-31)39-29(37)22-8-6-5-7-9-22/h5-9,12,15-20,24,38H,10-11,13-14H2,1-4H3,(H,32,34,35). The van der Waals surface area contributed by atoms with Crippen molar-refractivity contribution in [2.24, 2.45) is 0 Å². The lowest BCUT2D eigenvalue weighted by Gasteiger charge is -2.34. The van der Waals surface area contributed by atoms with E-state index >= 15 is 0 Å². The Balaban J connectivity index is 1.27. The molecule has 5 rings (SSSR count). The molecule has 0 unspecified atom stereocenters. The fourth-order valence-electron chi connectivity index (χ4n) is 4.87. The van der Waals surface area contributed by atoms with Gasteiger partial charge in [-0.1, -0.05) is 39.0 Å². The van der Waals surface area contributed by atoms with Gasteiger partial charge in [-0.25, -0.2) is 19.7 Å². The molecule has 1 aliphatic carbocycles. The van der Waals surface area contributed by atoms with Crippen LogP contribution >= 0.6 is 0 Å². The van der Waals surface area contributed by atoms with Crippen LogP contribution in [0.3, 0.4) is 0 Å². The van der Waals surface area contributed by atoms with E-state index in [2.05, 4.69) is 36.1 Å². The van der Waals surface area contributed by atoms with Crippen LogP contribution in [-0.4, -0.2) is 36.7 Å². The number of aromatic nitrogens is 4. The van der Waals surface area contributed by atoms with Crippen LogP contribution in [0, 0.1) is 6.92 Å². The van der Waals surface area contributed by atoms with Crippen molar-refractivity contribution in [1.82, 2.24) is 19.5 Å². The minimum Gasteiger partial charge on any atom is -0.459 e. The maximum atomic E-state index is 12.4. The van der Waals surface area contributed by atoms with E-state index in [4.69, 9.17) is 9.72 Å². The number of rotatable bonds is 6. The third kappa shape index (κ3) is 6.17. The number of anilines is 2. The zero-order valence-corrected chi connectivity index (χ0v) is 22.9. The highest BCUT2D eigenvalue weighted by Crippen LogP contribution is 2.38. The summed E-state index contributed by atoms with van der Waals surface area (Å²) in [6.45, 7) is 8.52. The SMILES string of the molecule is Cc1cc(Nc2cc(C(C)(C)C)ccn2)nc(-n2cnc(C3(O)CCC(OC(=O)c4ccccc4)CC3)c2)c1. The molecule has 2 N–H and O–H groups in total. The minimum absolute atomic E-state index is 0.0146. The maximum Gasteiger partial charge on any atom is 0.338 e. The first-order valence-corrected chi connectivity index (χ1v) is 13.3. The summed E-state index contributed by atoms with van der Waals surface area (Å²) in [6, 6.07) is 17.0. The van der Waals surface area contributed by atoms with E-state index in [1.165, 1.54) is 5.56 Å². The topological polar surface area (TPSA) is 102 Å². The third-order valence-electron chi connectivity index (χ3n) is 7.21. The van der Waals surface area contributed by atoms with Crippen molar-refractivity contribution < 1.29 is 14.6 Å². The fraction of sp³-hybridized carbons (Fsp3) is 0.355. The van der Waals surface area contributed by atoms with Gasteiger partial charge < -0.3 is 15.2 Å². The van der Waals surface area contributed by atoms with Crippen LogP contribution in [-0.2, 0) is 15.8 Å². The molecule has 4 aromatic rings. The van der Waals surface area contributed by atoms with Crippen molar-refractivity contribution >= 4 is 17.6 Å². The van der Waals surface area contributed by atoms with E-state index < -0.39 is 5.60 Å². The summed E-state index contributed by atoms with van der Waals surface area (Å²) in [5, 5.41) is 14.7. The van der Waals surface area contributed by atoms with Crippen molar-refractivity contribution in [3.8, 4) is 5.82 Å². The second kappa shape index (κ2) is 10.6. The highest BCUT2D eigenvalue weighted by atomic mass is 16.5. The number of hydrogen-bond acceptors (Lipinski definition) is 7. The Morgan fingerprint density at radius 1 is 1.05 bits per heavy atom. The number of nitrogens with one attached hydrogen (secondary N) is 1. The van der Waals surface area contributed by atoms with Crippen molar-refractivity contribution in [1.29, 1.82) is 0 Å². The molecule has 0 aliphatic heterocycles. The second-order valence-electron chi connectivity index (χ2n) is 11.4. The molecule has 8 nitrogen and oxygen atoms in total. The molecule has 0 spiro atoms. The zero-order valence-electron chi connectivity index (χ0n) is 22.9. The molecule has 1 aromatic carbocycles. The van der Waals surface area contributed by atoms with Crippen molar-refractivity contribution in [3.63, 3.8) is 0 Å². The van der Waals surface area contributed by atoms with E-state index in [-0.39, 0.29) is 17.5 Å². The molecule has 3 heterocycles. The van der Waals surface area contributed by atoms with Gasteiger partial charge in [-0.3, -0.25) is 4.57 Å². The highest BCUT2D eigenvalue weighted by molar-refractivity contribution is 5.89. The Bertz CT molecular complexity index is 1450. The van der Waals surface area contributed by atoms with Crippen LogP contribution in [0.15, 0.2) is 73.3 Å². The first kappa shape index (κ1) is 26.6. The van der Waals surface area contributed by atoms with Crippen molar-refractivity contribution in [2.75, 3.05) is 5.32 Å². The quantitative estimate of drug-likeness (QED) is 0.298. The Labute approximate surface area is 229 Å². The summed E-state index contributed by atoms with van der Waals surface area (Å²) in [4.78, 5) is 26.2. The molecule has 39 heavy (non-hydrogen) atoms. The molecule has 0 atom stereocenters. The normalized spacial score (nSPS) is 19.5. The Morgan fingerprint density at radius 3 is 2.51 bits per heavy atom. The predicted octanol–water partition coefficient (Wildman–Crippen LogP) is 6.00. The number of esters is 1. The van der Waals surface area contributed by atoms with E-state index in [9.17, 15) is 9.90 Å². The summed E-state index contributed by atoms with van der Waals surface area (Å²) < 4.78 is 7.51. The Morgan fingerprint density at radius 2 is 1.79 bits per heavy atom. The van der Waals surface area contributed by atoms with Gasteiger partial charge in [0.15, 0.2) is 0 Å². The van der Waals surface area contributed by atoms with Gasteiger partial charge >= 0.3 is 5.97 Å². The van der Waals surface area contributed by atoms with Crippen LogP contribution in [0.4, 0.5) is 11.6 Å². The number of carbonyl (C=O) groups is 1. The molecule has 3 aromatic heterocycles. The van der Waals surface area contributed by atoms with Gasteiger partial charge in [0, 0.05) is 12.4 Å². The first-order valence-electron chi connectivity index (χ1n) is 13.3. The zero-order chi connectivity index (χ0) is 27.6. The van der Waals surface area contributed by atoms with Crippen LogP contribution < -0.4 is 5.32 Å². The molecule has 1 aliphatic rings. The van der Waals surface area contributed by atoms with Gasteiger partial charge in [0.1, 0.15) is 35.5 Å². The number of carbonyl (C=O) groups excluding carboxylic acids is 1. The first-order chi connectivity index (χ1) is 18.6. The molecule has 202 valence electrons. The minimum atomic E-state index is -1.08. The lowest BCUT2D eigenvalue weighted by Crippen LogP contribution is -2.35. The molecule has 0 saturated heterocycles. The average Bonchev–Trinajstić information content (AvgIpc) is 3.42. The number of nitrogens with zero attached hydrogens (tertiary/aromatic N) is 4. The highest BCUT2D eigenvalue weighted by Gasteiger charge is 2.38. The molecular formula is C31H35N5O3. The smallest absolute Gasteiger partial charge is 0.338 e. The molecule has 0 radical (unpaired) electrons. The van der Waals surface area contributed by atoms with Crippen LogP contribution in [0.25, 0.3) is 5.82 Å². The van der Waals surface area contributed by atoms with Gasteiger partial charge in [0.25, 0.3) is 0 Å². The van der Waals surface area contributed by atoms with E-state index in [1.54, 1.807) is 24.7 Å². The van der Waals surface area contributed by atoms with Gasteiger partial charge in [-0.05, 0) is 85.5 Å². The second-order valence-corrected chi connectivity index (χ2v) is 11.4. The van der Waals surface area contributed by atoms with Crippen LogP contribution in [0.5, 0.6) is 0 Å². The summed E-state index contributed by atoms with van der Waals surface area (Å²) in [5.41, 5.74) is 2.28. The van der Waals surface area contributed by atoms with Gasteiger partial charge in [-0.2, -0.15) is 0 Å². The van der Waals surface area contributed by atoms with Crippen molar-refractivity contribution in [3.05, 3.63) is 95.7 Å². The molecule has 0 bridgehead atoms. The van der Waals surface area contributed by atoms with E-state index in [0.717, 1.165) is 11.4 Å². The molecule has 0 amide bonds. The average molecular weight is 526 g/mol. The molecule has 8 heteroatoms. The van der Waals surface area contributed by atoms with E-state index in [0.29, 0.717) is 48.6 Å². The van der Waals surface area contributed by atoms with Crippen LogP contribution in [0.2, 0.25) is 0 Å². The number of imidazole rings is 1. The van der Waals surface area contributed by atoms with Crippen molar-refractivity contribution in [2.45, 2.75) is 70.5 Å². The Hall–Kier alpha value is -4.04. The summed E-state index contributed by atoms with van der Waals surface area (Å²) in [6.07, 6.45) is 7.15. The van der Waals surface area contributed by atoms with E-state index in [1.807, 2.05) is 60.2 Å². The lowest BCUT2D eigenvalue weighted by atomic mass is 9.81. The number of aryl methyl sites for hydroxylation is 1. The fourth-order valence-corrected chi connectivity index (χ4v) is 4.87. The molecule has 1 fully saturated rings.